The second kappa shape index (κ2) is 8.38. The molecule has 0 aliphatic rings. The van der Waals surface area contributed by atoms with Gasteiger partial charge in [0.1, 0.15) is 5.75 Å². The standard InChI is InChI=1S/C17H15Cl3N2O2/c1-10-5-14(6-11(2)17(10)20)24-9-16(23)22-21-8-12-3-4-13(18)7-15(12)19/h3-8H,9H2,1-2H3,(H,22,23)/b21-8+. The molecule has 0 bridgehead atoms. The summed E-state index contributed by atoms with van der Waals surface area (Å²) in [6, 6.07) is 8.54. The van der Waals surface area contributed by atoms with Crippen LogP contribution < -0.4 is 10.2 Å². The summed E-state index contributed by atoms with van der Waals surface area (Å²) < 4.78 is 5.44. The molecule has 126 valence electrons. The molecule has 0 unspecified atom stereocenters. The second-order valence-electron chi connectivity index (χ2n) is 5.12. The van der Waals surface area contributed by atoms with Crippen molar-refractivity contribution in [3.63, 3.8) is 0 Å². The molecule has 0 aliphatic carbocycles. The molecule has 7 heteroatoms. The van der Waals surface area contributed by atoms with Gasteiger partial charge in [-0.2, -0.15) is 5.10 Å². The lowest BCUT2D eigenvalue weighted by Gasteiger charge is -2.09. The molecule has 0 saturated heterocycles. The highest BCUT2D eigenvalue weighted by molar-refractivity contribution is 6.36. The molecule has 0 atom stereocenters. The van der Waals surface area contributed by atoms with Crippen molar-refractivity contribution in [3.05, 3.63) is 62.1 Å². The van der Waals surface area contributed by atoms with E-state index in [1.807, 2.05) is 13.8 Å². The summed E-state index contributed by atoms with van der Waals surface area (Å²) in [5.41, 5.74) is 4.80. The summed E-state index contributed by atoms with van der Waals surface area (Å²) in [5.74, 6) is 0.191. The number of ether oxygens (including phenoxy) is 1. The molecule has 24 heavy (non-hydrogen) atoms. The second-order valence-corrected chi connectivity index (χ2v) is 6.34. The maximum Gasteiger partial charge on any atom is 0.277 e. The van der Waals surface area contributed by atoms with Gasteiger partial charge in [-0.1, -0.05) is 40.9 Å². The summed E-state index contributed by atoms with van der Waals surface area (Å²) in [6.45, 7) is 3.59. The van der Waals surface area contributed by atoms with Crippen LogP contribution in [-0.4, -0.2) is 18.7 Å². The molecule has 0 fully saturated rings. The minimum absolute atomic E-state index is 0.161. The summed E-state index contributed by atoms with van der Waals surface area (Å²) in [4.78, 5) is 11.8. The average molecular weight is 386 g/mol. The zero-order valence-electron chi connectivity index (χ0n) is 13.1. The maximum atomic E-state index is 11.8. The number of hydrogen-bond donors (Lipinski definition) is 1. The number of nitrogens with zero attached hydrogens (tertiary/aromatic N) is 1. The monoisotopic (exact) mass is 384 g/mol. The van der Waals surface area contributed by atoms with E-state index in [9.17, 15) is 4.79 Å². The molecule has 1 N–H and O–H groups in total. The fourth-order valence-electron chi connectivity index (χ4n) is 1.95. The van der Waals surface area contributed by atoms with Gasteiger partial charge < -0.3 is 4.74 Å². The van der Waals surface area contributed by atoms with Crippen LogP contribution in [0.15, 0.2) is 35.4 Å². The third-order valence-corrected chi connectivity index (χ3v) is 4.29. The first-order valence-electron chi connectivity index (χ1n) is 7.03. The summed E-state index contributed by atoms with van der Waals surface area (Å²) in [6.07, 6.45) is 1.44. The van der Waals surface area contributed by atoms with Crippen molar-refractivity contribution in [3.8, 4) is 5.75 Å². The first kappa shape index (κ1) is 18.6. The van der Waals surface area contributed by atoms with E-state index in [1.54, 1.807) is 30.3 Å². The number of aryl methyl sites for hydroxylation is 2. The molecule has 4 nitrogen and oxygen atoms in total. The Hall–Kier alpha value is -1.75. The predicted octanol–water partition coefficient (Wildman–Crippen LogP) is 4.79. The Morgan fingerprint density at radius 1 is 1.17 bits per heavy atom. The van der Waals surface area contributed by atoms with Crippen molar-refractivity contribution in [2.45, 2.75) is 13.8 Å². The van der Waals surface area contributed by atoms with Crippen LogP contribution in [0.4, 0.5) is 0 Å². The van der Waals surface area contributed by atoms with Crippen molar-refractivity contribution in [2.75, 3.05) is 6.61 Å². The maximum absolute atomic E-state index is 11.8. The highest BCUT2D eigenvalue weighted by Gasteiger charge is 2.06. The van der Waals surface area contributed by atoms with Gasteiger partial charge >= 0.3 is 0 Å². The Balaban J connectivity index is 1.88. The number of amides is 1. The van der Waals surface area contributed by atoms with E-state index >= 15 is 0 Å². The van der Waals surface area contributed by atoms with Crippen LogP contribution >= 0.6 is 34.8 Å². The van der Waals surface area contributed by atoms with Crippen LogP contribution in [0.2, 0.25) is 15.1 Å². The smallest absolute Gasteiger partial charge is 0.277 e. The summed E-state index contributed by atoms with van der Waals surface area (Å²) in [7, 11) is 0. The van der Waals surface area contributed by atoms with Crippen molar-refractivity contribution < 1.29 is 9.53 Å². The topological polar surface area (TPSA) is 50.7 Å². The Labute approximate surface area is 155 Å². The SMILES string of the molecule is Cc1cc(OCC(=O)N/N=C/c2ccc(Cl)cc2Cl)cc(C)c1Cl. The molecule has 2 aromatic carbocycles. The minimum atomic E-state index is -0.387. The van der Waals surface area contributed by atoms with Crippen LogP contribution in [0.25, 0.3) is 0 Å². The molecular formula is C17H15Cl3N2O2. The Morgan fingerprint density at radius 2 is 1.83 bits per heavy atom. The van der Waals surface area contributed by atoms with Gasteiger partial charge in [0.25, 0.3) is 5.91 Å². The van der Waals surface area contributed by atoms with Gasteiger partial charge in [-0.3, -0.25) is 4.79 Å². The number of carbonyl (C=O) groups excluding carboxylic acids is 1. The fourth-order valence-corrected chi connectivity index (χ4v) is 2.52. The van der Waals surface area contributed by atoms with Gasteiger partial charge in [-0.25, -0.2) is 5.43 Å². The molecule has 0 heterocycles. The number of carbonyl (C=O) groups is 1. The van der Waals surface area contributed by atoms with E-state index < -0.39 is 0 Å². The normalized spacial score (nSPS) is 10.9. The zero-order valence-corrected chi connectivity index (χ0v) is 15.3. The van der Waals surface area contributed by atoms with Crippen LogP contribution in [-0.2, 0) is 4.79 Å². The molecule has 2 aromatic rings. The van der Waals surface area contributed by atoms with Crippen molar-refractivity contribution >= 4 is 46.9 Å². The first-order chi connectivity index (χ1) is 11.4. The molecule has 0 spiro atoms. The van der Waals surface area contributed by atoms with Gasteiger partial charge in [0, 0.05) is 15.6 Å². The highest BCUT2D eigenvalue weighted by Crippen LogP contribution is 2.25. The third-order valence-electron chi connectivity index (χ3n) is 3.14. The van der Waals surface area contributed by atoms with Gasteiger partial charge in [0.05, 0.1) is 11.2 Å². The highest BCUT2D eigenvalue weighted by atomic mass is 35.5. The average Bonchev–Trinajstić information content (AvgIpc) is 2.52. The quantitative estimate of drug-likeness (QED) is 0.594. The van der Waals surface area contributed by atoms with E-state index in [-0.39, 0.29) is 12.5 Å². The number of nitrogens with one attached hydrogen (secondary N) is 1. The van der Waals surface area contributed by atoms with Gasteiger partial charge in [-0.05, 0) is 49.2 Å². The molecular weight excluding hydrogens is 371 g/mol. The third kappa shape index (κ3) is 5.13. The molecule has 0 aliphatic heterocycles. The molecule has 0 aromatic heterocycles. The van der Waals surface area contributed by atoms with E-state index in [0.717, 1.165) is 11.1 Å². The molecule has 0 radical (unpaired) electrons. The van der Waals surface area contributed by atoms with Crippen LogP contribution in [0, 0.1) is 13.8 Å². The van der Waals surface area contributed by atoms with Gasteiger partial charge in [0.15, 0.2) is 6.61 Å². The Morgan fingerprint density at radius 3 is 2.46 bits per heavy atom. The fraction of sp³-hybridized carbons (Fsp3) is 0.176. The van der Waals surface area contributed by atoms with Gasteiger partial charge in [0.2, 0.25) is 0 Å². The lowest BCUT2D eigenvalue weighted by Crippen LogP contribution is -2.24. The summed E-state index contributed by atoms with van der Waals surface area (Å²) in [5, 5.41) is 5.51. The zero-order chi connectivity index (χ0) is 17.7. The number of hydrazone groups is 1. The van der Waals surface area contributed by atoms with E-state index in [2.05, 4.69) is 10.5 Å². The van der Waals surface area contributed by atoms with Crippen LogP contribution in [0.1, 0.15) is 16.7 Å². The van der Waals surface area contributed by atoms with Crippen molar-refractivity contribution in [1.82, 2.24) is 5.43 Å². The molecule has 1 amide bonds. The Kier molecular flexibility index (Phi) is 6.49. The number of hydrogen-bond acceptors (Lipinski definition) is 3. The lowest BCUT2D eigenvalue weighted by atomic mass is 10.1. The first-order valence-corrected chi connectivity index (χ1v) is 8.16. The van der Waals surface area contributed by atoms with Gasteiger partial charge in [-0.15, -0.1) is 0 Å². The number of benzene rings is 2. The minimum Gasteiger partial charge on any atom is -0.484 e. The summed E-state index contributed by atoms with van der Waals surface area (Å²) >= 11 is 17.9. The van der Waals surface area contributed by atoms with Crippen LogP contribution in [0.5, 0.6) is 5.75 Å². The van der Waals surface area contributed by atoms with Crippen LogP contribution in [0.3, 0.4) is 0 Å². The van der Waals surface area contributed by atoms with E-state index in [0.29, 0.717) is 26.4 Å². The van der Waals surface area contributed by atoms with Crippen molar-refractivity contribution in [1.29, 1.82) is 0 Å². The van der Waals surface area contributed by atoms with E-state index in [4.69, 9.17) is 39.5 Å². The molecule has 2 rings (SSSR count). The lowest BCUT2D eigenvalue weighted by molar-refractivity contribution is -0.123. The number of halogens is 3. The number of rotatable bonds is 5. The predicted molar refractivity (Wildman–Crippen MR) is 98.6 cm³/mol. The van der Waals surface area contributed by atoms with E-state index in [1.165, 1.54) is 6.21 Å². The largest absolute Gasteiger partial charge is 0.484 e. The Bertz CT molecular complexity index is 768. The molecule has 0 saturated carbocycles. The van der Waals surface area contributed by atoms with Crippen molar-refractivity contribution in [2.24, 2.45) is 5.10 Å².